The number of aromatic nitrogens is 1. The number of fused-ring (bicyclic) bond motifs is 1. The van der Waals surface area contributed by atoms with Crippen LogP contribution in [0.3, 0.4) is 0 Å². The summed E-state index contributed by atoms with van der Waals surface area (Å²) in [6.45, 7) is 5.43. The van der Waals surface area contributed by atoms with E-state index in [0.717, 1.165) is 32.7 Å². The Morgan fingerprint density at radius 3 is 3.31 bits per heavy atom. The summed E-state index contributed by atoms with van der Waals surface area (Å²) in [5.41, 5.74) is 0.116. The molecule has 5 heteroatoms. The Morgan fingerprint density at radius 2 is 2.62 bits per heavy atom. The van der Waals surface area contributed by atoms with Crippen LogP contribution in [-0.2, 0) is 6.54 Å². The molecule has 1 aromatic heterocycles. The predicted molar refractivity (Wildman–Crippen MR) is 63.3 cm³/mol. The number of hydrogen-bond donors (Lipinski definition) is 2. The van der Waals surface area contributed by atoms with Crippen molar-refractivity contribution < 1.29 is 5.11 Å². The van der Waals surface area contributed by atoms with E-state index in [1.807, 2.05) is 6.20 Å². The predicted octanol–water partition coefficient (Wildman–Crippen LogP) is 0.157. The summed E-state index contributed by atoms with van der Waals surface area (Å²) in [6.07, 6.45) is 1.86. The number of nitrogens with one attached hydrogen (secondary N) is 1. The lowest BCUT2D eigenvalue weighted by Gasteiger charge is -2.25. The standard InChI is InChI=1S/C11H17N3OS/c15-8-11-6-12-3-9(11)4-14(7-11)5-10-1-2-13-16-10/h1-2,9,12,15H,3-8H2. The van der Waals surface area contributed by atoms with Crippen LogP contribution in [0.15, 0.2) is 12.3 Å². The maximum atomic E-state index is 9.59. The van der Waals surface area contributed by atoms with Gasteiger partial charge in [-0.05, 0) is 30.1 Å². The molecule has 0 amide bonds. The summed E-state index contributed by atoms with van der Waals surface area (Å²) < 4.78 is 4.13. The van der Waals surface area contributed by atoms with Crippen LogP contribution in [0.4, 0.5) is 0 Å². The second-order valence-corrected chi connectivity index (χ2v) is 5.91. The van der Waals surface area contributed by atoms with Crippen LogP contribution < -0.4 is 5.32 Å². The van der Waals surface area contributed by atoms with E-state index in [1.165, 1.54) is 4.88 Å². The number of likely N-dealkylation sites (tertiary alicyclic amines) is 1. The van der Waals surface area contributed by atoms with Crippen molar-refractivity contribution in [2.45, 2.75) is 6.54 Å². The fourth-order valence-corrected chi connectivity index (χ4v) is 3.64. The lowest BCUT2D eigenvalue weighted by atomic mass is 9.82. The summed E-state index contributed by atoms with van der Waals surface area (Å²) in [7, 11) is 0. The molecule has 2 unspecified atom stereocenters. The maximum absolute atomic E-state index is 9.59. The first-order chi connectivity index (χ1) is 7.82. The molecule has 2 aliphatic rings. The van der Waals surface area contributed by atoms with Gasteiger partial charge in [-0.1, -0.05) is 0 Å². The highest BCUT2D eigenvalue weighted by Gasteiger charge is 2.48. The second kappa shape index (κ2) is 4.07. The highest BCUT2D eigenvalue weighted by Crippen LogP contribution is 2.39. The summed E-state index contributed by atoms with van der Waals surface area (Å²) >= 11 is 1.57. The van der Waals surface area contributed by atoms with Gasteiger partial charge in [-0.2, -0.15) is 0 Å². The third-order valence-electron chi connectivity index (χ3n) is 3.94. The van der Waals surface area contributed by atoms with Gasteiger partial charge >= 0.3 is 0 Å². The van der Waals surface area contributed by atoms with E-state index < -0.39 is 0 Å². The molecule has 88 valence electrons. The van der Waals surface area contributed by atoms with Gasteiger partial charge in [0, 0.05) is 42.7 Å². The Bertz CT molecular complexity index is 356. The quantitative estimate of drug-likeness (QED) is 0.789. The molecule has 16 heavy (non-hydrogen) atoms. The van der Waals surface area contributed by atoms with Gasteiger partial charge in [0.2, 0.25) is 0 Å². The first-order valence-corrected chi connectivity index (χ1v) is 6.53. The second-order valence-electron chi connectivity index (χ2n) is 5.00. The molecular weight excluding hydrogens is 222 g/mol. The van der Waals surface area contributed by atoms with E-state index in [4.69, 9.17) is 0 Å². The number of aliphatic hydroxyl groups excluding tert-OH is 1. The molecule has 0 bridgehead atoms. The Labute approximate surface area is 99.4 Å². The van der Waals surface area contributed by atoms with Crippen molar-refractivity contribution >= 4 is 11.5 Å². The zero-order valence-corrected chi connectivity index (χ0v) is 10.0. The van der Waals surface area contributed by atoms with Crippen molar-refractivity contribution in [3.8, 4) is 0 Å². The zero-order chi connectivity index (χ0) is 11.0. The van der Waals surface area contributed by atoms with Crippen molar-refractivity contribution in [2.75, 3.05) is 32.8 Å². The molecule has 0 aliphatic carbocycles. The highest BCUT2D eigenvalue weighted by molar-refractivity contribution is 7.05. The lowest BCUT2D eigenvalue weighted by molar-refractivity contribution is 0.124. The summed E-state index contributed by atoms with van der Waals surface area (Å²) in [5, 5.41) is 13.0. The molecule has 0 saturated carbocycles. The minimum absolute atomic E-state index is 0.116. The lowest BCUT2D eigenvalue weighted by Crippen LogP contribution is -2.35. The normalized spacial score (nSPS) is 34.4. The molecule has 0 radical (unpaired) electrons. The van der Waals surface area contributed by atoms with Crippen LogP contribution >= 0.6 is 11.5 Å². The van der Waals surface area contributed by atoms with Crippen LogP contribution in [0.1, 0.15) is 4.88 Å². The van der Waals surface area contributed by atoms with E-state index in [0.29, 0.717) is 12.5 Å². The van der Waals surface area contributed by atoms with Gasteiger partial charge in [0.1, 0.15) is 0 Å². The molecule has 3 heterocycles. The Morgan fingerprint density at radius 1 is 1.69 bits per heavy atom. The zero-order valence-electron chi connectivity index (χ0n) is 9.22. The molecule has 2 N–H and O–H groups in total. The van der Waals surface area contributed by atoms with Crippen molar-refractivity contribution in [3.05, 3.63) is 17.1 Å². The minimum atomic E-state index is 0.116. The first-order valence-electron chi connectivity index (χ1n) is 5.76. The van der Waals surface area contributed by atoms with Crippen LogP contribution in [0, 0.1) is 11.3 Å². The van der Waals surface area contributed by atoms with Gasteiger partial charge in [-0.15, -0.1) is 0 Å². The molecule has 2 atom stereocenters. The maximum Gasteiger partial charge on any atom is 0.0515 e. The van der Waals surface area contributed by atoms with Crippen molar-refractivity contribution in [1.29, 1.82) is 0 Å². The van der Waals surface area contributed by atoms with E-state index >= 15 is 0 Å². The molecule has 1 aromatic rings. The molecule has 0 aromatic carbocycles. The third-order valence-corrected chi connectivity index (χ3v) is 4.66. The number of aliphatic hydroxyl groups is 1. The van der Waals surface area contributed by atoms with Gasteiger partial charge in [-0.3, -0.25) is 4.90 Å². The van der Waals surface area contributed by atoms with Crippen LogP contribution in [0.2, 0.25) is 0 Å². The summed E-state index contributed by atoms with van der Waals surface area (Å²) in [5.74, 6) is 0.616. The van der Waals surface area contributed by atoms with E-state index in [1.54, 1.807) is 11.5 Å². The molecule has 3 rings (SSSR count). The van der Waals surface area contributed by atoms with Gasteiger partial charge in [0.15, 0.2) is 0 Å². The monoisotopic (exact) mass is 239 g/mol. The number of rotatable bonds is 3. The average molecular weight is 239 g/mol. The van der Waals surface area contributed by atoms with Crippen molar-refractivity contribution in [3.63, 3.8) is 0 Å². The highest BCUT2D eigenvalue weighted by atomic mass is 32.1. The van der Waals surface area contributed by atoms with Crippen molar-refractivity contribution in [2.24, 2.45) is 11.3 Å². The SMILES string of the molecule is OCC12CNCC1CN(Cc1ccns1)C2. The molecule has 0 spiro atoms. The average Bonchev–Trinajstić information content (AvgIpc) is 2.92. The summed E-state index contributed by atoms with van der Waals surface area (Å²) in [4.78, 5) is 3.77. The Kier molecular flexibility index (Phi) is 2.71. The van der Waals surface area contributed by atoms with Crippen LogP contribution in [-0.4, -0.2) is 47.2 Å². The Hall–Kier alpha value is -0.490. The fraction of sp³-hybridized carbons (Fsp3) is 0.727. The molecular formula is C11H17N3OS. The number of nitrogens with zero attached hydrogens (tertiary/aromatic N) is 2. The molecule has 2 saturated heterocycles. The third kappa shape index (κ3) is 1.68. The van der Waals surface area contributed by atoms with Crippen LogP contribution in [0.5, 0.6) is 0 Å². The molecule has 2 aliphatic heterocycles. The van der Waals surface area contributed by atoms with Gasteiger partial charge in [0.05, 0.1) is 6.61 Å². The van der Waals surface area contributed by atoms with E-state index in [-0.39, 0.29) is 5.41 Å². The van der Waals surface area contributed by atoms with Crippen molar-refractivity contribution in [1.82, 2.24) is 14.6 Å². The van der Waals surface area contributed by atoms with Gasteiger partial charge in [-0.25, -0.2) is 4.37 Å². The summed E-state index contributed by atoms with van der Waals surface area (Å²) in [6, 6.07) is 2.09. The van der Waals surface area contributed by atoms with Crippen LogP contribution in [0.25, 0.3) is 0 Å². The first kappa shape index (κ1) is 10.7. The topological polar surface area (TPSA) is 48.4 Å². The fourth-order valence-electron chi connectivity index (χ4n) is 3.02. The molecule has 4 nitrogen and oxygen atoms in total. The van der Waals surface area contributed by atoms with Gasteiger partial charge < -0.3 is 10.4 Å². The minimum Gasteiger partial charge on any atom is -0.396 e. The smallest absolute Gasteiger partial charge is 0.0515 e. The largest absolute Gasteiger partial charge is 0.396 e. The van der Waals surface area contributed by atoms with E-state index in [2.05, 4.69) is 20.7 Å². The van der Waals surface area contributed by atoms with E-state index in [9.17, 15) is 5.11 Å². The molecule has 2 fully saturated rings. The number of hydrogen-bond acceptors (Lipinski definition) is 5. The van der Waals surface area contributed by atoms with Gasteiger partial charge in [0.25, 0.3) is 0 Å². The Balaban J connectivity index is 1.68.